The Morgan fingerprint density at radius 2 is 0.978 bits per heavy atom. The van der Waals surface area contributed by atoms with Gasteiger partial charge in [-0.25, -0.2) is 0 Å². The van der Waals surface area contributed by atoms with Crippen LogP contribution in [0.25, 0.3) is 0 Å². The normalized spacial score (nSPS) is 13.9. The van der Waals surface area contributed by atoms with Crippen LogP contribution in [0.3, 0.4) is 0 Å². The van der Waals surface area contributed by atoms with E-state index in [2.05, 4.69) is 149 Å². The fourth-order valence-electron chi connectivity index (χ4n) is 5.86. The van der Waals surface area contributed by atoms with Crippen molar-refractivity contribution < 1.29 is 0 Å². The minimum atomic E-state index is 0.142. The Balaban J connectivity index is 2.06. The van der Waals surface area contributed by atoms with E-state index < -0.39 is 0 Å². The third-order valence-electron chi connectivity index (χ3n) is 9.35. The van der Waals surface area contributed by atoms with Crippen LogP contribution in [0.1, 0.15) is 181 Å². The van der Waals surface area contributed by atoms with Gasteiger partial charge in [0.05, 0.1) is 0 Å². The Morgan fingerprint density at radius 3 is 1.43 bits per heavy atom. The molecule has 0 aromatic heterocycles. The zero-order valence-electron chi connectivity index (χ0n) is 32.7. The molecule has 2 heteroatoms. The second-order valence-corrected chi connectivity index (χ2v) is 18.1. The van der Waals surface area contributed by atoms with E-state index in [0.29, 0.717) is 6.04 Å². The van der Waals surface area contributed by atoms with E-state index in [4.69, 9.17) is 0 Å². The van der Waals surface area contributed by atoms with Crippen molar-refractivity contribution in [2.24, 2.45) is 0 Å². The van der Waals surface area contributed by atoms with E-state index in [1.54, 1.807) is 0 Å². The lowest BCUT2D eigenvalue weighted by Gasteiger charge is -2.27. The summed E-state index contributed by atoms with van der Waals surface area (Å²) in [5, 5.41) is 7.80. The maximum absolute atomic E-state index is 4.01. The SMILES string of the molecule is CCCCCC/C=C/CCC(CCCNCc1cc(C(C)(C)C)cc(C(C)(C)C)c1)NCc1cc(C(C)(C)C)cc(C(C)(C)C)c1. The molecule has 0 heterocycles. The number of hydrogen-bond acceptors (Lipinski definition) is 2. The molecule has 2 N–H and O–H groups in total. The fourth-order valence-corrected chi connectivity index (χ4v) is 5.86. The van der Waals surface area contributed by atoms with Crippen molar-refractivity contribution in [2.75, 3.05) is 6.54 Å². The molecule has 1 unspecified atom stereocenters. The average molecular weight is 631 g/mol. The quantitative estimate of drug-likeness (QED) is 0.134. The Morgan fingerprint density at radius 1 is 0.522 bits per heavy atom. The number of rotatable bonds is 17. The van der Waals surface area contributed by atoms with Gasteiger partial charge in [-0.15, -0.1) is 0 Å². The van der Waals surface area contributed by atoms with Crippen LogP contribution in [0.4, 0.5) is 0 Å². The first-order valence-corrected chi connectivity index (χ1v) is 18.7. The van der Waals surface area contributed by atoms with Crippen molar-refractivity contribution in [3.63, 3.8) is 0 Å². The molecule has 0 spiro atoms. The van der Waals surface area contributed by atoms with Gasteiger partial charge in [-0.1, -0.05) is 158 Å². The van der Waals surface area contributed by atoms with Gasteiger partial charge in [0.25, 0.3) is 0 Å². The van der Waals surface area contributed by atoms with Gasteiger partial charge in [0.2, 0.25) is 0 Å². The highest BCUT2D eigenvalue weighted by Crippen LogP contribution is 2.32. The van der Waals surface area contributed by atoms with Crippen LogP contribution in [0, 0.1) is 0 Å². The predicted molar refractivity (Wildman–Crippen MR) is 206 cm³/mol. The summed E-state index contributed by atoms with van der Waals surface area (Å²) in [5.41, 5.74) is 9.16. The molecule has 0 saturated heterocycles. The summed E-state index contributed by atoms with van der Waals surface area (Å²) in [6.07, 6.45) is 16.2. The second-order valence-electron chi connectivity index (χ2n) is 18.1. The fraction of sp³-hybridized carbons (Fsp3) is 0.682. The summed E-state index contributed by atoms with van der Waals surface area (Å²) in [6.45, 7) is 33.1. The summed E-state index contributed by atoms with van der Waals surface area (Å²) in [7, 11) is 0. The molecular weight excluding hydrogens is 556 g/mol. The minimum absolute atomic E-state index is 0.142. The van der Waals surface area contributed by atoms with Crippen LogP contribution < -0.4 is 10.6 Å². The maximum atomic E-state index is 4.01. The molecule has 1 atom stereocenters. The molecule has 2 aromatic carbocycles. The number of allylic oxidation sites excluding steroid dienone is 2. The summed E-state index contributed by atoms with van der Waals surface area (Å²) < 4.78 is 0. The lowest BCUT2D eigenvalue weighted by molar-refractivity contribution is 0.435. The first-order valence-electron chi connectivity index (χ1n) is 18.7. The maximum Gasteiger partial charge on any atom is 0.0208 e. The van der Waals surface area contributed by atoms with Crippen molar-refractivity contribution in [1.82, 2.24) is 10.6 Å². The van der Waals surface area contributed by atoms with Crippen molar-refractivity contribution in [3.05, 3.63) is 81.9 Å². The van der Waals surface area contributed by atoms with Gasteiger partial charge in [-0.2, -0.15) is 0 Å². The highest BCUT2D eigenvalue weighted by molar-refractivity contribution is 5.38. The van der Waals surface area contributed by atoms with Gasteiger partial charge in [-0.3, -0.25) is 0 Å². The number of nitrogens with one attached hydrogen (secondary N) is 2. The highest BCUT2D eigenvalue weighted by Gasteiger charge is 2.22. The Labute approximate surface area is 287 Å². The molecule has 0 aliphatic rings. The van der Waals surface area contributed by atoms with Gasteiger partial charge in [-0.05, 0) is 100 Å². The van der Waals surface area contributed by atoms with Crippen molar-refractivity contribution in [1.29, 1.82) is 0 Å². The summed E-state index contributed by atoms with van der Waals surface area (Å²) in [6, 6.07) is 15.1. The smallest absolute Gasteiger partial charge is 0.0208 e. The van der Waals surface area contributed by atoms with E-state index >= 15 is 0 Å². The molecular formula is C44H74N2. The van der Waals surface area contributed by atoms with Crippen LogP contribution in [-0.2, 0) is 34.7 Å². The van der Waals surface area contributed by atoms with Gasteiger partial charge in [0.15, 0.2) is 0 Å². The Hall–Kier alpha value is -1.90. The molecule has 2 rings (SSSR count). The Bertz CT molecular complexity index is 1130. The van der Waals surface area contributed by atoms with E-state index in [1.165, 1.54) is 84.7 Å². The van der Waals surface area contributed by atoms with E-state index in [-0.39, 0.29) is 21.7 Å². The monoisotopic (exact) mass is 631 g/mol. The first kappa shape index (κ1) is 40.3. The molecule has 0 amide bonds. The Kier molecular flexibility index (Phi) is 15.8. The van der Waals surface area contributed by atoms with Gasteiger partial charge >= 0.3 is 0 Å². The van der Waals surface area contributed by atoms with Gasteiger partial charge in [0, 0.05) is 19.1 Å². The van der Waals surface area contributed by atoms with Crippen molar-refractivity contribution in [2.45, 2.75) is 189 Å². The summed E-state index contributed by atoms with van der Waals surface area (Å²) in [5.74, 6) is 0. The molecule has 260 valence electrons. The molecule has 0 fully saturated rings. The third-order valence-corrected chi connectivity index (χ3v) is 9.35. The summed E-state index contributed by atoms with van der Waals surface area (Å²) >= 11 is 0. The van der Waals surface area contributed by atoms with Crippen molar-refractivity contribution >= 4 is 0 Å². The first-order chi connectivity index (χ1) is 21.3. The molecule has 0 saturated carbocycles. The van der Waals surface area contributed by atoms with Gasteiger partial charge in [0.1, 0.15) is 0 Å². The third kappa shape index (κ3) is 14.9. The minimum Gasteiger partial charge on any atom is -0.313 e. The van der Waals surface area contributed by atoms with Crippen molar-refractivity contribution in [3.8, 4) is 0 Å². The lowest BCUT2D eigenvalue weighted by atomic mass is 9.79. The molecule has 0 radical (unpaired) electrons. The largest absolute Gasteiger partial charge is 0.313 e. The van der Waals surface area contributed by atoms with E-state index in [0.717, 1.165) is 26.1 Å². The molecule has 0 aliphatic carbocycles. The van der Waals surface area contributed by atoms with E-state index in [9.17, 15) is 0 Å². The summed E-state index contributed by atoms with van der Waals surface area (Å²) in [4.78, 5) is 0. The molecule has 0 bridgehead atoms. The van der Waals surface area contributed by atoms with Crippen LogP contribution >= 0.6 is 0 Å². The highest BCUT2D eigenvalue weighted by atomic mass is 14.9. The molecule has 0 aliphatic heterocycles. The predicted octanol–water partition coefficient (Wildman–Crippen LogP) is 12.2. The topological polar surface area (TPSA) is 24.1 Å². The second kappa shape index (κ2) is 18.0. The standard InChI is InChI=1S/C44H74N2/c1-14-15-16-17-18-19-20-21-23-40(46-33-35-28-38(43(8,9)10)31-39(29-35)44(11,12)13)24-22-25-45-32-34-26-36(41(2,3)4)30-37(27-34)42(5,6)7/h19-20,26-31,40,45-46H,14-18,21-25,32-33H2,1-13H3/b20-19+. The molecule has 46 heavy (non-hydrogen) atoms. The molecule has 2 nitrogen and oxygen atoms in total. The van der Waals surface area contributed by atoms with Crippen LogP contribution in [-0.4, -0.2) is 12.6 Å². The lowest BCUT2D eigenvalue weighted by Crippen LogP contribution is -2.30. The number of unbranched alkanes of at least 4 members (excludes halogenated alkanes) is 4. The van der Waals surface area contributed by atoms with Gasteiger partial charge < -0.3 is 10.6 Å². The van der Waals surface area contributed by atoms with Crippen LogP contribution in [0.2, 0.25) is 0 Å². The number of hydrogen-bond donors (Lipinski definition) is 2. The van der Waals surface area contributed by atoms with Crippen LogP contribution in [0.15, 0.2) is 48.6 Å². The zero-order valence-corrected chi connectivity index (χ0v) is 32.7. The molecule has 2 aromatic rings. The van der Waals surface area contributed by atoms with E-state index in [1.807, 2.05) is 0 Å². The zero-order chi connectivity index (χ0) is 34.6. The van der Waals surface area contributed by atoms with Crippen LogP contribution in [0.5, 0.6) is 0 Å². The number of benzene rings is 2. The average Bonchev–Trinajstić information content (AvgIpc) is 2.94.